The molecule has 0 radical (unpaired) electrons. The SMILES string of the molecule is O=C(NCc1ccc(Cl)cc1)c1ccc(Br)s1. The standard InChI is InChI=1S/C12H9BrClNOS/c13-11-6-5-10(17-11)12(16)15-7-8-1-3-9(14)4-2-8/h1-6H,7H2,(H,15,16). The van der Waals surface area contributed by atoms with Crippen LogP contribution in [-0.4, -0.2) is 5.91 Å². The zero-order chi connectivity index (χ0) is 12.3. The Balaban J connectivity index is 1.94. The predicted octanol–water partition coefficient (Wildman–Crippen LogP) is 4.09. The summed E-state index contributed by atoms with van der Waals surface area (Å²) in [6.07, 6.45) is 0. The van der Waals surface area contributed by atoms with E-state index in [0.717, 1.165) is 9.35 Å². The Morgan fingerprint density at radius 1 is 1.24 bits per heavy atom. The van der Waals surface area contributed by atoms with E-state index in [1.807, 2.05) is 30.3 Å². The van der Waals surface area contributed by atoms with Crippen LogP contribution in [0.5, 0.6) is 0 Å². The Hall–Kier alpha value is -0.840. The van der Waals surface area contributed by atoms with Gasteiger partial charge in [0.1, 0.15) is 0 Å². The van der Waals surface area contributed by atoms with Gasteiger partial charge < -0.3 is 5.32 Å². The summed E-state index contributed by atoms with van der Waals surface area (Å²) in [7, 11) is 0. The summed E-state index contributed by atoms with van der Waals surface area (Å²) < 4.78 is 0.953. The number of rotatable bonds is 3. The second kappa shape index (κ2) is 5.67. The number of carbonyl (C=O) groups is 1. The summed E-state index contributed by atoms with van der Waals surface area (Å²) in [6.45, 7) is 0.505. The molecular formula is C12H9BrClNOS. The maximum absolute atomic E-state index is 11.8. The van der Waals surface area contributed by atoms with Crippen molar-refractivity contribution in [1.82, 2.24) is 5.32 Å². The molecule has 2 nitrogen and oxygen atoms in total. The van der Waals surface area contributed by atoms with Crippen molar-refractivity contribution in [3.05, 3.63) is 55.6 Å². The van der Waals surface area contributed by atoms with E-state index in [0.29, 0.717) is 16.4 Å². The summed E-state index contributed by atoms with van der Waals surface area (Å²) in [5.74, 6) is -0.0596. The van der Waals surface area contributed by atoms with Gasteiger partial charge in [-0.2, -0.15) is 0 Å². The van der Waals surface area contributed by atoms with Gasteiger partial charge in [-0.1, -0.05) is 23.7 Å². The number of hydrogen-bond acceptors (Lipinski definition) is 2. The molecule has 1 heterocycles. The molecule has 2 aromatic rings. The average Bonchev–Trinajstić information content (AvgIpc) is 2.75. The van der Waals surface area contributed by atoms with Crippen molar-refractivity contribution in [2.45, 2.75) is 6.54 Å². The highest BCUT2D eigenvalue weighted by molar-refractivity contribution is 9.11. The fourth-order valence-corrected chi connectivity index (χ4v) is 2.74. The normalized spacial score (nSPS) is 10.2. The lowest BCUT2D eigenvalue weighted by Gasteiger charge is -2.03. The van der Waals surface area contributed by atoms with Gasteiger partial charge in [0, 0.05) is 11.6 Å². The van der Waals surface area contributed by atoms with Crippen molar-refractivity contribution in [2.24, 2.45) is 0 Å². The number of benzene rings is 1. The molecule has 0 aliphatic rings. The molecule has 5 heteroatoms. The van der Waals surface area contributed by atoms with E-state index in [9.17, 15) is 4.79 Å². The molecule has 0 bridgehead atoms. The minimum atomic E-state index is -0.0596. The smallest absolute Gasteiger partial charge is 0.261 e. The molecule has 0 aliphatic carbocycles. The summed E-state index contributed by atoms with van der Waals surface area (Å²) in [6, 6.07) is 11.1. The van der Waals surface area contributed by atoms with Crippen LogP contribution in [0.3, 0.4) is 0 Å². The van der Waals surface area contributed by atoms with Gasteiger partial charge in [-0.15, -0.1) is 11.3 Å². The van der Waals surface area contributed by atoms with Crippen molar-refractivity contribution < 1.29 is 4.79 Å². The van der Waals surface area contributed by atoms with Gasteiger partial charge in [0.25, 0.3) is 5.91 Å². The predicted molar refractivity (Wildman–Crippen MR) is 74.6 cm³/mol. The fourth-order valence-electron chi connectivity index (χ4n) is 1.31. The van der Waals surface area contributed by atoms with Crippen molar-refractivity contribution in [3.63, 3.8) is 0 Å². The van der Waals surface area contributed by atoms with E-state index in [2.05, 4.69) is 21.2 Å². The van der Waals surface area contributed by atoms with Crippen molar-refractivity contribution in [1.29, 1.82) is 0 Å². The quantitative estimate of drug-likeness (QED) is 0.902. The summed E-state index contributed by atoms with van der Waals surface area (Å²) in [5.41, 5.74) is 1.03. The van der Waals surface area contributed by atoms with Crippen molar-refractivity contribution in [2.75, 3.05) is 0 Å². The summed E-state index contributed by atoms with van der Waals surface area (Å²) >= 11 is 10.5. The number of carbonyl (C=O) groups excluding carboxylic acids is 1. The third-order valence-electron chi connectivity index (χ3n) is 2.16. The van der Waals surface area contributed by atoms with Crippen LogP contribution in [0.2, 0.25) is 5.02 Å². The molecule has 2 rings (SSSR count). The number of halogens is 2. The molecule has 1 aromatic heterocycles. The third-order valence-corrected chi connectivity index (χ3v) is 4.04. The zero-order valence-electron chi connectivity index (χ0n) is 8.74. The van der Waals surface area contributed by atoms with Crippen LogP contribution in [-0.2, 0) is 6.54 Å². The minimum absolute atomic E-state index is 0.0596. The zero-order valence-corrected chi connectivity index (χ0v) is 11.9. The molecular weight excluding hydrogens is 322 g/mol. The second-order valence-corrected chi connectivity index (χ2v) is 6.31. The number of nitrogens with one attached hydrogen (secondary N) is 1. The molecule has 0 atom stereocenters. The lowest BCUT2D eigenvalue weighted by Crippen LogP contribution is -2.21. The Kier molecular flexibility index (Phi) is 4.20. The van der Waals surface area contributed by atoms with Crippen LogP contribution in [0.4, 0.5) is 0 Å². The maximum Gasteiger partial charge on any atom is 0.261 e. The minimum Gasteiger partial charge on any atom is -0.347 e. The maximum atomic E-state index is 11.8. The molecule has 1 N–H and O–H groups in total. The third kappa shape index (κ3) is 3.56. The summed E-state index contributed by atoms with van der Waals surface area (Å²) in [5, 5.41) is 3.55. The molecule has 1 amide bonds. The number of hydrogen-bond donors (Lipinski definition) is 1. The first-order valence-electron chi connectivity index (χ1n) is 4.93. The van der Waals surface area contributed by atoms with E-state index >= 15 is 0 Å². The van der Waals surface area contributed by atoms with E-state index in [4.69, 9.17) is 11.6 Å². The molecule has 88 valence electrons. The highest BCUT2D eigenvalue weighted by Gasteiger charge is 2.07. The lowest BCUT2D eigenvalue weighted by atomic mass is 10.2. The van der Waals surface area contributed by atoms with Crippen LogP contribution in [0, 0.1) is 0 Å². The first-order chi connectivity index (χ1) is 8.15. The Bertz CT molecular complexity index is 524. The lowest BCUT2D eigenvalue weighted by molar-refractivity contribution is 0.0955. The highest BCUT2D eigenvalue weighted by Crippen LogP contribution is 2.21. The van der Waals surface area contributed by atoms with E-state index in [1.54, 1.807) is 6.07 Å². The highest BCUT2D eigenvalue weighted by atomic mass is 79.9. The Morgan fingerprint density at radius 3 is 2.53 bits per heavy atom. The van der Waals surface area contributed by atoms with Gasteiger partial charge in [-0.25, -0.2) is 0 Å². The summed E-state index contributed by atoms with van der Waals surface area (Å²) in [4.78, 5) is 12.5. The number of thiophene rings is 1. The van der Waals surface area contributed by atoms with E-state index < -0.39 is 0 Å². The van der Waals surface area contributed by atoms with E-state index in [1.165, 1.54) is 11.3 Å². The van der Waals surface area contributed by atoms with Gasteiger partial charge in [-0.3, -0.25) is 4.79 Å². The largest absolute Gasteiger partial charge is 0.347 e. The molecule has 0 unspecified atom stereocenters. The molecule has 17 heavy (non-hydrogen) atoms. The molecule has 0 saturated heterocycles. The molecule has 1 aromatic carbocycles. The van der Waals surface area contributed by atoms with Gasteiger partial charge in [-0.05, 0) is 45.8 Å². The average molecular weight is 331 g/mol. The van der Waals surface area contributed by atoms with Gasteiger partial charge in [0.2, 0.25) is 0 Å². The number of amides is 1. The van der Waals surface area contributed by atoms with Crippen molar-refractivity contribution in [3.8, 4) is 0 Å². The molecule has 0 saturated carbocycles. The Morgan fingerprint density at radius 2 is 1.94 bits per heavy atom. The first kappa shape index (κ1) is 12.6. The van der Waals surface area contributed by atoms with Gasteiger partial charge in [0.15, 0.2) is 0 Å². The van der Waals surface area contributed by atoms with Gasteiger partial charge >= 0.3 is 0 Å². The molecule has 0 spiro atoms. The first-order valence-corrected chi connectivity index (χ1v) is 6.92. The molecule has 0 aliphatic heterocycles. The topological polar surface area (TPSA) is 29.1 Å². The van der Waals surface area contributed by atoms with Crippen LogP contribution >= 0.6 is 38.9 Å². The second-order valence-electron chi connectivity index (χ2n) is 3.41. The monoisotopic (exact) mass is 329 g/mol. The fraction of sp³-hybridized carbons (Fsp3) is 0.0833. The van der Waals surface area contributed by atoms with E-state index in [-0.39, 0.29) is 5.91 Å². The molecule has 0 fully saturated rings. The Labute approximate surface area is 117 Å². The van der Waals surface area contributed by atoms with Gasteiger partial charge in [0.05, 0.1) is 8.66 Å². The van der Waals surface area contributed by atoms with Crippen LogP contribution in [0.25, 0.3) is 0 Å². The van der Waals surface area contributed by atoms with Crippen LogP contribution in [0.1, 0.15) is 15.2 Å². The van der Waals surface area contributed by atoms with Crippen LogP contribution < -0.4 is 5.32 Å². The van der Waals surface area contributed by atoms with Crippen molar-refractivity contribution >= 4 is 44.8 Å². The van der Waals surface area contributed by atoms with Crippen LogP contribution in [0.15, 0.2) is 40.2 Å².